The molecule has 0 saturated carbocycles. The van der Waals surface area contributed by atoms with Gasteiger partial charge in [-0.1, -0.05) is 36.9 Å². The molecule has 1 aromatic heterocycles. The molecule has 0 bridgehead atoms. The fourth-order valence-corrected chi connectivity index (χ4v) is 2.68. The van der Waals surface area contributed by atoms with Gasteiger partial charge in [-0.15, -0.1) is 0 Å². The van der Waals surface area contributed by atoms with Crippen LogP contribution in [0, 0.1) is 0 Å². The van der Waals surface area contributed by atoms with Gasteiger partial charge in [-0.05, 0) is 26.0 Å². The van der Waals surface area contributed by atoms with Crippen LogP contribution in [0.3, 0.4) is 0 Å². The Balaban J connectivity index is 2.35. The van der Waals surface area contributed by atoms with Gasteiger partial charge >= 0.3 is 5.97 Å². The fraction of sp³-hybridized carbons (Fsp3) is 0.167. The lowest BCUT2D eigenvalue weighted by atomic mass is 10.1. The number of nitrogens with zero attached hydrogens (tertiary/aromatic N) is 1. The second-order valence-electron chi connectivity index (χ2n) is 5.34. The molecule has 1 unspecified atom stereocenters. The summed E-state index contributed by atoms with van der Waals surface area (Å²) in [5.41, 5.74) is 1.93. The number of hydrogen-bond donors (Lipinski definition) is 1. The van der Waals surface area contributed by atoms with Crippen LogP contribution in [0.1, 0.15) is 20.1 Å². The highest BCUT2D eigenvalue weighted by atomic mass is 16.5. The summed E-state index contributed by atoms with van der Waals surface area (Å²) in [7, 11) is 0. The molecule has 2 aromatic carbocycles. The SMILES string of the molecule is C=C(C)C(=O)Oc1cccc2c3ccccc3n(C(C)O)c12. The van der Waals surface area contributed by atoms with E-state index in [0.29, 0.717) is 16.8 Å². The van der Waals surface area contributed by atoms with Crippen LogP contribution >= 0.6 is 0 Å². The molecule has 0 aliphatic heterocycles. The third kappa shape index (κ3) is 2.18. The number of para-hydroxylation sites is 2. The van der Waals surface area contributed by atoms with E-state index >= 15 is 0 Å². The molecule has 4 nitrogen and oxygen atoms in total. The molecular formula is C18H17NO3. The third-order valence-corrected chi connectivity index (χ3v) is 3.62. The Kier molecular flexibility index (Phi) is 3.47. The van der Waals surface area contributed by atoms with E-state index < -0.39 is 12.2 Å². The first-order valence-corrected chi connectivity index (χ1v) is 7.08. The lowest BCUT2D eigenvalue weighted by molar-refractivity contribution is -0.130. The first-order chi connectivity index (χ1) is 10.5. The van der Waals surface area contributed by atoms with Crippen molar-refractivity contribution in [1.82, 2.24) is 4.57 Å². The highest BCUT2D eigenvalue weighted by Crippen LogP contribution is 2.36. The van der Waals surface area contributed by atoms with E-state index in [2.05, 4.69) is 6.58 Å². The van der Waals surface area contributed by atoms with Crippen LogP contribution in [0.2, 0.25) is 0 Å². The highest BCUT2D eigenvalue weighted by Gasteiger charge is 2.18. The summed E-state index contributed by atoms with van der Waals surface area (Å²) >= 11 is 0. The molecule has 0 amide bonds. The predicted octanol–water partition coefficient (Wildman–Crippen LogP) is 3.79. The van der Waals surface area contributed by atoms with Gasteiger partial charge < -0.3 is 14.4 Å². The average molecular weight is 295 g/mol. The normalized spacial score (nSPS) is 12.5. The molecule has 3 aromatic rings. The van der Waals surface area contributed by atoms with Crippen LogP contribution in [-0.4, -0.2) is 15.6 Å². The minimum absolute atomic E-state index is 0.330. The zero-order valence-corrected chi connectivity index (χ0v) is 12.5. The number of fused-ring (bicyclic) bond motifs is 3. The summed E-state index contributed by atoms with van der Waals surface area (Å²) in [5.74, 6) is -0.0579. The summed E-state index contributed by atoms with van der Waals surface area (Å²) in [4.78, 5) is 11.9. The van der Waals surface area contributed by atoms with Gasteiger partial charge in [0, 0.05) is 16.3 Å². The molecule has 1 N–H and O–H groups in total. The van der Waals surface area contributed by atoms with Crippen LogP contribution < -0.4 is 4.74 Å². The number of benzene rings is 2. The van der Waals surface area contributed by atoms with Gasteiger partial charge in [-0.25, -0.2) is 4.79 Å². The molecule has 0 spiro atoms. The lowest BCUT2D eigenvalue weighted by Gasteiger charge is -2.13. The van der Waals surface area contributed by atoms with Gasteiger partial charge in [0.05, 0.1) is 11.0 Å². The molecule has 112 valence electrons. The Bertz CT molecular complexity index is 890. The number of aromatic nitrogens is 1. The molecule has 1 heterocycles. The Morgan fingerprint density at radius 3 is 2.55 bits per heavy atom. The molecule has 0 radical (unpaired) electrons. The van der Waals surface area contributed by atoms with Crippen molar-refractivity contribution in [3.63, 3.8) is 0 Å². The van der Waals surface area contributed by atoms with Crippen molar-refractivity contribution in [3.8, 4) is 5.75 Å². The van der Waals surface area contributed by atoms with E-state index in [9.17, 15) is 9.90 Å². The van der Waals surface area contributed by atoms with E-state index in [4.69, 9.17) is 4.74 Å². The van der Waals surface area contributed by atoms with Gasteiger partial charge in [0.15, 0.2) is 5.75 Å². The van der Waals surface area contributed by atoms with Crippen LogP contribution in [0.5, 0.6) is 5.75 Å². The lowest BCUT2D eigenvalue weighted by Crippen LogP contribution is -2.10. The van der Waals surface area contributed by atoms with E-state index in [1.54, 1.807) is 24.5 Å². The van der Waals surface area contributed by atoms with E-state index in [1.807, 2.05) is 36.4 Å². The average Bonchev–Trinajstić information content (AvgIpc) is 2.83. The van der Waals surface area contributed by atoms with Crippen molar-refractivity contribution < 1.29 is 14.6 Å². The van der Waals surface area contributed by atoms with E-state index in [-0.39, 0.29) is 0 Å². The second kappa shape index (κ2) is 5.31. The summed E-state index contributed by atoms with van der Waals surface area (Å²) in [5, 5.41) is 12.1. The van der Waals surface area contributed by atoms with Crippen molar-refractivity contribution >= 4 is 27.8 Å². The number of rotatable bonds is 3. The molecule has 0 aliphatic carbocycles. The van der Waals surface area contributed by atoms with Gasteiger partial charge in [0.1, 0.15) is 6.23 Å². The van der Waals surface area contributed by atoms with Gasteiger partial charge in [0.25, 0.3) is 0 Å². The summed E-state index contributed by atoms with van der Waals surface area (Å²) in [6, 6.07) is 13.3. The minimum Gasteiger partial charge on any atom is -0.421 e. The smallest absolute Gasteiger partial charge is 0.338 e. The first kappa shape index (κ1) is 14.4. The maximum Gasteiger partial charge on any atom is 0.338 e. The van der Waals surface area contributed by atoms with Crippen molar-refractivity contribution in [2.75, 3.05) is 0 Å². The van der Waals surface area contributed by atoms with E-state index in [1.165, 1.54) is 0 Å². The molecule has 4 heteroatoms. The molecule has 0 fully saturated rings. The Hall–Kier alpha value is -2.59. The predicted molar refractivity (Wildman–Crippen MR) is 86.8 cm³/mol. The highest BCUT2D eigenvalue weighted by molar-refractivity contribution is 6.10. The number of carbonyl (C=O) groups excluding carboxylic acids is 1. The van der Waals surface area contributed by atoms with Gasteiger partial charge in [-0.2, -0.15) is 0 Å². The van der Waals surface area contributed by atoms with Crippen molar-refractivity contribution in [3.05, 3.63) is 54.6 Å². The third-order valence-electron chi connectivity index (χ3n) is 3.62. The maximum atomic E-state index is 11.9. The number of esters is 1. The van der Waals surface area contributed by atoms with Crippen molar-refractivity contribution in [2.24, 2.45) is 0 Å². The topological polar surface area (TPSA) is 51.5 Å². The van der Waals surface area contributed by atoms with Crippen LogP contribution in [-0.2, 0) is 4.79 Å². The quantitative estimate of drug-likeness (QED) is 0.454. The maximum absolute atomic E-state index is 11.9. The Morgan fingerprint density at radius 1 is 1.18 bits per heavy atom. The molecule has 0 aliphatic rings. The Morgan fingerprint density at radius 2 is 1.86 bits per heavy atom. The number of carbonyl (C=O) groups is 1. The zero-order chi connectivity index (χ0) is 15.9. The van der Waals surface area contributed by atoms with Crippen LogP contribution in [0.15, 0.2) is 54.6 Å². The largest absolute Gasteiger partial charge is 0.421 e. The number of aliphatic hydroxyl groups is 1. The van der Waals surface area contributed by atoms with Crippen molar-refractivity contribution in [1.29, 1.82) is 0 Å². The van der Waals surface area contributed by atoms with Gasteiger partial charge in [-0.3, -0.25) is 0 Å². The molecule has 22 heavy (non-hydrogen) atoms. The zero-order valence-electron chi connectivity index (χ0n) is 12.5. The summed E-state index contributed by atoms with van der Waals surface area (Å²) < 4.78 is 7.21. The van der Waals surface area contributed by atoms with Crippen molar-refractivity contribution in [2.45, 2.75) is 20.1 Å². The number of ether oxygens (including phenoxy) is 1. The molecule has 3 rings (SSSR count). The summed E-state index contributed by atoms with van der Waals surface area (Å²) in [6.45, 7) is 6.89. The first-order valence-electron chi connectivity index (χ1n) is 7.08. The van der Waals surface area contributed by atoms with Crippen LogP contribution in [0.4, 0.5) is 0 Å². The minimum atomic E-state index is -0.743. The fourth-order valence-electron chi connectivity index (χ4n) is 2.68. The standard InChI is InChI=1S/C18H17NO3/c1-11(2)18(21)22-16-10-6-8-14-13-7-4-5-9-15(13)19(12(3)20)17(14)16/h4-10,12,20H,1H2,2-3H3. The van der Waals surface area contributed by atoms with Crippen LogP contribution in [0.25, 0.3) is 21.8 Å². The monoisotopic (exact) mass is 295 g/mol. The van der Waals surface area contributed by atoms with E-state index in [0.717, 1.165) is 16.3 Å². The Labute approximate surface area is 128 Å². The molecule has 0 saturated heterocycles. The van der Waals surface area contributed by atoms with Gasteiger partial charge in [0.2, 0.25) is 0 Å². The number of hydrogen-bond acceptors (Lipinski definition) is 3. The molecule has 1 atom stereocenters. The molecular weight excluding hydrogens is 278 g/mol. The summed E-state index contributed by atoms with van der Waals surface area (Å²) in [6.07, 6.45) is -0.743. The number of aliphatic hydroxyl groups excluding tert-OH is 1. The second-order valence-corrected chi connectivity index (χ2v) is 5.34.